The van der Waals surface area contributed by atoms with E-state index >= 15 is 0 Å². The summed E-state index contributed by atoms with van der Waals surface area (Å²) in [5.41, 5.74) is 1.05. The standard InChI is InChI=1S/C20H29BrN2O/c1-16-4-11-19(12-5-16)23(15-14-22(2)3)20(24)13-8-17-6-9-18(21)10-7-17/h6-10,13,16,19H,4-5,11-12,14-15H2,1-3H3. The first kappa shape index (κ1) is 19.2. The summed E-state index contributed by atoms with van der Waals surface area (Å²) < 4.78 is 1.05. The Balaban J connectivity index is 2.04. The third-order valence-electron chi connectivity index (χ3n) is 4.79. The van der Waals surface area contributed by atoms with Crippen molar-refractivity contribution in [2.45, 2.75) is 38.6 Å². The number of nitrogens with zero attached hydrogens (tertiary/aromatic N) is 2. The van der Waals surface area contributed by atoms with Gasteiger partial charge >= 0.3 is 0 Å². The van der Waals surface area contributed by atoms with Crippen molar-refractivity contribution in [2.75, 3.05) is 27.2 Å². The van der Waals surface area contributed by atoms with Crippen LogP contribution < -0.4 is 0 Å². The van der Waals surface area contributed by atoms with Gasteiger partial charge < -0.3 is 9.80 Å². The Morgan fingerprint density at radius 3 is 2.33 bits per heavy atom. The summed E-state index contributed by atoms with van der Waals surface area (Å²) >= 11 is 3.44. The zero-order valence-electron chi connectivity index (χ0n) is 15.0. The van der Waals surface area contributed by atoms with E-state index in [-0.39, 0.29) is 5.91 Å². The van der Waals surface area contributed by atoms with Crippen LogP contribution in [0.5, 0.6) is 0 Å². The number of likely N-dealkylation sites (N-methyl/N-ethyl adjacent to an activating group) is 1. The summed E-state index contributed by atoms with van der Waals surface area (Å²) in [6.07, 6.45) is 8.37. The lowest BCUT2D eigenvalue weighted by Gasteiger charge is -2.36. The fourth-order valence-electron chi connectivity index (χ4n) is 3.17. The highest BCUT2D eigenvalue weighted by atomic mass is 79.9. The molecule has 132 valence electrons. The van der Waals surface area contributed by atoms with Gasteiger partial charge in [0.05, 0.1) is 0 Å². The summed E-state index contributed by atoms with van der Waals surface area (Å²) in [6.45, 7) is 4.02. The molecule has 1 aliphatic carbocycles. The number of hydrogen-bond acceptors (Lipinski definition) is 2. The molecule has 4 heteroatoms. The zero-order chi connectivity index (χ0) is 17.5. The molecular formula is C20H29BrN2O. The van der Waals surface area contributed by atoms with Gasteiger partial charge in [-0.2, -0.15) is 0 Å². The molecule has 0 bridgehead atoms. The molecule has 3 nitrogen and oxygen atoms in total. The number of carbonyl (C=O) groups excluding carboxylic acids is 1. The maximum absolute atomic E-state index is 12.8. The Kier molecular flexibility index (Phi) is 7.50. The minimum Gasteiger partial charge on any atom is -0.335 e. The first-order chi connectivity index (χ1) is 11.5. The second-order valence-corrected chi connectivity index (χ2v) is 8.05. The fraction of sp³-hybridized carbons (Fsp3) is 0.550. The third kappa shape index (κ3) is 6.06. The first-order valence-electron chi connectivity index (χ1n) is 8.84. The second kappa shape index (κ2) is 9.38. The van der Waals surface area contributed by atoms with Gasteiger partial charge in [0.15, 0.2) is 0 Å². The summed E-state index contributed by atoms with van der Waals surface area (Å²) in [7, 11) is 4.12. The lowest BCUT2D eigenvalue weighted by atomic mass is 9.86. The normalized spacial score (nSPS) is 21.4. The monoisotopic (exact) mass is 392 g/mol. The van der Waals surface area contributed by atoms with Gasteiger partial charge in [0, 0.05) is 29.7 Å². The minimum atomic E-state index is 0.138. The fourth-order valence-corrected chi connectivity index (χ4v) is 3.44. The summed E-state index contributed by atoms with van der Waals surface area (Å²) in [5, 5.41) is 0. The maximum atomic E-state index is 12.8. The van der Waals surface area contributed by atoms with Gasteiger partial charge in [0.2, 0.25) is 5.91 Å². The molecule has 0 N–H and O–H groups in total. The number of amides is 1. The molecule has 0 saturated heterocycles. The second-order valence-electron chi connectivity index (χ2n) is 7.13. The van der Waals surface area contributed by atoms with Crippen molar-refractivity contribution < 1.29 is 4.79 Å². The molecule has 2 rings (SSSR count). The molecule has 24 heavy (non-hydrogen) atoms. The maximum Gasteiger partial charge on any atom is 0.246 e. The van der Waals surface area contributed by atoms with Crippen LogP contribution in [0.3, 0.4) is 0 Å². The number of hydrogen-bond donors (Lipinski definition) is 0. The molecule has 1 amide bonds. The van der Waals surface area contributed by atoms with Crippen LogP contribution >= 0.6 is 15.9 Å². The van der Waals surface area contributed by atoms with E-state index in [0.29, 0.717) is 6.04 Å². The number of carbonyl (C=O) groups is 1. The van der Waals surface area contributed by atoms with E-state index < -0.39 is 0 Å². The van der Waals surface area contributed by atoms with Crippen molar-refractivity contribution in [3.63, 3.8) is 0 Å². The molecule has 0 radical (unpaired) electrons. The van der Waals surface area contributed by atoms with Crippen LogP contribution in [0, 0.1) is 5.92 Å². The van der Waals surface area contributed by atoms with E-state index in [1.807, 2.05) is 30.3 Å². The van der Waals surface area contributed by atoms with Gasteiger partial charge in [-0.15, -0.1) is 0 Å². The molecule has 0 unspecified atom stereocenters. The SMILES string of the molecule is CC1CCC(N(CCN(C)C)C(=O)C=Cc2ccc(Br)cc2)CC1. The van der Waals surface area contributed by atoms with Gasteiger partial charge in [-0.1, -0.05) is 35.0 Å². The highest BCUT2D eigenvalue weighted by molar-refractivity contribution is 9.10. The van der Waals surface area contributed by atoms with E-state index in [4.69, 9.17) is 0 Å². The molecular weight excluding hydrogens is 364 g/mol. The van der Waals surface area contributed by atoms with Gasteiger partial charge in [-0.3, -0.25) is 4.79 Å². The lowest BCUT2D eigenvalue weighted by Crippen LogP contribution is -2.44. The van der Waals surface area contributed by atoms with Crippen LogP contribution in [0.25, 0.3) is 6.08 Å². The Hall–Kier alpha value is -1.13. The molecule has 0 heterocycles. The van der Waals surface area contributed by atoms with E-state index in [0.717, 1.165) is 41.9 Å². The highest BCUT2D eigenvalue weighted by Gasteiger charge is 2.26. The number of rotatable bonds is 6. The van der Waals surface area contributed by atoms with Gasteiger partial charge in [-0.05, 0) is 69.5 Å². The van der Waals surface area contributed by atoms with Crippen LogP contribution in [-0.2, 0) is 4.79 Å². The summed E-state index contributed by atoms with van der Waals surface area (Å²) in [4.78, 5) is 17.0. The van der Waals surface area contributed by atoms with E-state index in [1.54, 1.807) is 6.08 Å². The highest BCUT2D eigenvalue weighted by Crippen LogP contribution is 2.27. The van der Waals surface area contributed by atoms with Crippen molar-refractivity contribution in [1.29, 1.82) is 0 Å². The van der Waals surface area contributed by atoms with Crippen LogP contribution in [-0.4, -0.2) is 48.9 Å². The quantitative estimate of drug-likeness (QED) is 0.668. The molecule has 0 aromatic heterocycles. The van der Waals surface area contributed by atoms with E-state index in [1.165, 1.54) is 12.8 Å². The average molecular weight is 393 g/mol. The van der Waals surface area contributed by atoms with Gasteiger partial charge in [0.25, 0.3) is 0 Å². The van der Waals surface area contributed by atoms with Crippen molar-refractivity contribution >= 4 is 27.9 Å². The van der Waals surface area contributed by atoms with Crippen LogP contribution in [0.1, 0.15) is 38.2 Å². The summed E-state index contributed by atoms with van der Waals surface area (Å²) in [5.74, 6) is 0.935. The largest absolute Gasteiger partial charge is 0.335 e. The Morgan fingerprint density at radius 2 is 1.75 bits per heavy atom. The van der Waals surface area contributed by atoms with Crippen molar-refractivity contribution in [1.82, 2.24) is 9.80 Å². The molecule has 1 saturated carbocycles. The molecule has 1 fully saturated rings. The first-order valence-corrected chi connectivity index (χ1v) is 9.64. The molecule has 1 aromatic rings. The van der Waals surface area contributed by atoms with E-state index in [2.05, 4.69) is 46.7 Å². The Bertz CT molecular complexity index is 545. The molecule has 0 aliphatic heterocycles. The molecule has 0 atom stereocenters. The third-order valence-corrected chi connectivity index (χ3v) is 5.31. The smallest absolute Gasteiger partial charge is 0.246 e. The van der Waals surface area contributed by atoms with Crippen LogP contribution in [0.2, 0.25) is 0 Å². The topological polar surface area (TPSA) is 23.6 Å². The molecule has 0 spiro atoms. The molecule has 1 aliphatic rings. The predicted octanol–water partition coefficient (Wildman–Crippen LogP) is 4.43. The van der Waals surface area contributed by atoms with Crippen LogP contribution in [0.15, 0.2) is 34.8 Å². The lowest BCUT2D eigenvalue weighted by molar-refractivity contribution is -0.129. The van der Waals surface area contributed by atoms with Crippen LogP contribution in [0.4, 0.5) is 0 Å². The van der Waals surface area contributed by atoms with Crippen molar-refractivity contribution in [3.05, 3.63) is 40.4 Å². The number of benzene rings is 1. The van der Waals surface area contributed by atoms with E-state index in [9.17, 15) is 4.79 Å². The Morgan fingerprint density at radius 1 is 1.12 bits per heavy atom. The average Bonchev–Trinajstić information content (AvgIpc) is 2.56. The van der Waals surface area contributed by atoms with Crippen molar-refractivity contribution in [2.24, 2.45) is 5.92 Å². The van der Waals surface area contributed by atoms with Gasteiger partial charge in [0.1, 0.15) is 0 Å². The Labute approximate surface area is 154 Å². The summed E-state index contributed by atoms with van der Waals surface area (Å²) in [6, 6.07) is 8.41. The van der Waals surface area contributed by atoms with Gasteiger partial charge in [-0.25, -0.2) is 0 Å². The molecule has 1 aromatic carbocycles. The number of halogens is 1. The predicted molar refractivity (Wildman–Crippen MR) is 105 cm³/mol. The minimum absolute atomic E-state index is 0.138. The zero-order valence-corrected chi connectivity index (χ0v) is 16.6. The van der Waals surface area contributed by atoms with Crippen molar-refractivity contribution in [3.8, 4) is 0 Å².